The molecule has 0 fully saturated rings. The maximum absolute atomic E-state index is 12.2. The molecule has 3 aromatic rings. The van der Waals surface area contributed by atoms with Crippen molar-refractivity contribution < 1.29 is 4.79 Å². The fraction of sp³-hybridized carbons (Fsp3) is 0.273. The highest BCUT2D eigenvalue weighted by atomic mass is 32.1. The molecule has 3 heterocycles. The summed E-state index contributed by atoms with van der Waals surface area (Å²) >= 11 is 1.74. The molecule has 26 heavy (non-hydrogen) atoms. The van der Waals surface area contributed by atoms with E-state index in [9.17, 15) is 4.79 Å². The minimum atomic E-state index is 0.250. The zero-order chi connectivity index (χ0) is 17.5. The quantitative estimate of drug-likeness (QED) is 0.689. The molecule has 0 spiro atoms. The van der Waals surface area contributed by atoms with Gasteiger partial charge in [-0.25, -0.2) is 4.98 Å². The van der Waals surface area contributed by atoms with Gasteiger partial charge in [0.05, 0.1) is 22.8 Å². The van der Waals surface area contributed by atoms with E-state index in [2.05, 4.69) is 47.8 Å². The summed E-state index contributed by atoms with van der Waals surface area (Å²) in [5.74, 6) is 0.250. The van der Waals surface area contributed by atoms with E-state index in [4.69, 9.17) is 4.98 Å². The van der Waals surface area contributed by atoms with E-state index in [1.165, 1.54) is 27.4 Å². The monoisotopic (exact) mass is 360 g/mol. The number of aryl methyl sites for hydroxylation is 3. The van der Waals surface area contributed by atoms with Crippen LogP contribution in [-0.2, 0) is 30.5 Å². The highest BCUT2D eigenvalue weighted by Crippen LogP contribution is 2.39. The highest BCUT2D eigenvalue weighted by Gasteiger charge is 2.32. The molecule has 130 valence electrons. The number of carbonyl (C=O) groups is 1. The van der Waals surface area contributed by atoms with Crippen LogP contribution in [0.15, 0.2) is 47.8 Å². The maximum atomic E-state index is 12.2. The standard InChI is InChI=1S/C22H20N2OS/c25-21-13-18-12-17(11-16-7-4-10-24(21)22(16)18)19-14-26-20(23-19)9-8-15-5-2-1-3-6-15/h1-3,5-6,11-12,14H,4,7-10,13H2. The third-order valence-electron chi connectivity index (χ3n) is 5.33. The Morgan fingerprint density at radius 2 is 1.92 bits per heavy atom. The summed E-state index contributed by atoms with van der Waals surface area (Å²) in [6.45, 7) is 0.874. The van der Waals surface area contributed by atoms with Crippen molar-refractivity contribution in [1.82, 2.24) is 4.98 Å². The molecule has 0 radical (unpaired) electrons. The Morgan fingerprint density at radius 3 is 2.81 bits per heavy atom. The first-order valence-corrected chi connectivity index (χ1v) is 10.1. The number of hydrogen-bond donors (Lipinski definition) is 0. The average Bonchev–Trinajstić information content (AvgIpc) is 3.27. The first kappa shape index (κ1) is 15.8. The highest BCUT2D eigenvalue weighted by molar-refractivity contribution is 7.09. The van der Waals surface area contributed by atoms with Crippen LogP contribution in [0.25, 0.3) is 11.3 Å². The molecule has 0 bridgehead atoms. The number of hydrogen-bond acceptors (Lipinski definition) is 3. The van der Waals surface area contributed by atoms with Gasteiger partial charge in [0.1, 0.15) is 0 Å². The van der Waals surface area contributed by atoms with Crippen LogP contribution in [0.3, 0.4) is 0 Å². The molecule has 2 aromatic carbocycles. The lowest BCUT2D eigenvalue weighted by Crippen LogP contribution is -2.31. The molecule has 3 nitrogen and oxygen atoms in total. The summed E-state index contributed by atoms with van der Waals surface area (Å²) in [6.07, 6.45) is 4.65. The second-order valence-electron chi connectivity index (χ2n) is 7.08. The zero-order valence-electron chi connectivity index (χ0n) is 14.6. The maximum Gasteiger partial charge on any atom is 0.231 e. The summed E-state index contributed by atoms with van der Waals surface area (Å²) in [7, 11) is 0. The van der Waals surface area contributed by atoms with Gasteiger partial charge in [-0.3, -0.25) is 4.79 Å². The number of amides is 1. The van der Waals surface area contributed by atoms with Crippen molar-refractivity contribution in [3.05, 3.63) is 69.5 Å². The van der Waals surface area contributed by atoms with Crippen molar-refractivity contribution in [2.45, 2.75) is 32.1 Å². The number of thiazole rings is 1. The normalized spacial score (nSPS) is 15.4. The average molecular weight is 360 g/mol. The lowest BCUT2D eigenvalue weighted by Gasteiger charge is -2.25. The van der Waals surface area contributed by atoms with Crippen molar-refractivity contribution >= 4 is 22.9 Å². The summed E-state index contributed by atoms with van der Waals surface area (Å²) in [6, 6.07) is 15.0. The van der Waals surface area contributed by atoms with Crippen LogP contribution in [-0.4, -0.2) is 17.4 Å². The third-order valence-corrected chi connectivity index (χ3v) is 6.23. The van der Waals surface area contributed by atoms with Crippen molar-refractivity contribution in [3.8, 4) is 11.3 Å². The van der Waals surface area contributed by atoms with Crippen molar-refractivity contribution in [2.75, 3.05) is 11.4 Å². The van der Waals surface area contributed by atoms with Gasteiger partial charge in [0.15, 0.2) is 0 Å². The molecular formula is C22H20N2OS. The molecule has 0 N–H and O–H groups in total. The van der Waals surface area contributed by atoms with Gasteiger partial charge in [0, 0.05) is 23.9 Å². The second-order valence-corrected chi connectivity index (χ2v) is 8.02. The topological polar surface area (TPSA) is 33.2 Å². The third kappa shape index (κ3) is 2.74. The van der Waals surface area contributed by atoms with Crippen LogP contribution in [0.4, 0.5) is 5.69 Å². The van der Waals surface area contributed by atoms with E-state index in [0.717, 1.165) is 43.5 Å². The number of rotatable bonds is 4. The van der Waals surface area contributed by atoms with Gasteiger partial charge in [0.25, 0.3) is 0 Å². The minimum absolute atomic E-state index is 0.250. The zero-order valence-corrected chi connectivity index (χ0v) is 15.4. The van der Waals surface area contributed by atoms with Crippen molar-refractivity contribution in [1.29, 1.82) is 0 Å². The van der Waals surface area contributed by atoms with E-state index in [1.54, 1.807) is 11.3 Å². The van der Waals surface area contributed by atoms with Gasteiger partial charge < -0.3 is 4.90 Å². The predicted molar refractivity (Wildman–Crippen MR) is 106 cm³/mol. The molecule has 5 rings (SSSR count). The Kier molecular flexibility index (Phi) is 3.86. The molecule has 1 aromatic heterocycles. The Balaban J connectivity index is 1.41. The number of anilines is 1. The Hall–Kier alpha value is -2.46. The summed E-state index contributed by atoms with van der Waals surface area (Å²) in [5, 5.41) is 3.34. The summed E-state index contributed by atoms with van der Waals surface area (Å²) < 4.78 is 0. The number of nitrogens with zero attached hydrogens (tertiary/aromatic N) is 2. The van der Waals surface area contributed by atoms with E-state index in [0.29, 0.717) is 6.42 Å². The smallest absolute Gasteiger partial charge is 0.231 e. The lowest BCUT2D eigenvalue weighted by atomic mass is 9.96. The minimum Gasteiger partial charge on any atom is -0.312 e. The molecule has 4 heteroatoms. The summed E-state index contributed by atoms with van der Waals surface area (Å²) in [5.41, 5.74) is 7.25. The van der Waals surface area contributed by atoms with E-state index >= 15 is 0 Å². The molecule has 0 saturated heterocycles. The van der Waals surface area contributed by atoms with Crippen LogP contribution in [0.1, 0.15) is 28.1 Å². The van der Waals surface area contributed by atoms with E-state index in [1.807, 2.05) is 4.90 Å². The second kappa shape index (κ2) is 6.36. The molecular weight excluding hydrogens is 340 g/mol. The molecule has 2 aliphatic rings. The van der Waals surface area contributed by atoms with Gasteiger partial charge in [0.2, 0.25) is 5.91 Å². The van der Waals surface area contributed by atoms with Gasteiger partial charge in [-0.15, -0.1) is 11.3 Å². The molecule has 2 aliphatic heterocycles. The fourth-order valence-corrected chi connectivity index (χ4v) is 4.89. The van der Waals surface area contributed by atoms with Crippen LogP contribution < -0.4 is 4.90 Å². The SMILES string of the molecule is O=C1Cc2cc(-c3csc(CCc4ccccc4)n3)cc3c2N1CCC3. The number of benzene rings is 2. The Morgan fingerprint density at radius 1 is 1.08 bits per heavy atom. The van der Waals surface area contributed by atoms with Crippen molar-refractivity contribution in [2.24, 2.45) is 0 Å². The number of carbonyl (C=O) groups excluding carboxylic acids is 1. The van der Waals surface area contributed by atoms with Crippen LogP contribution >= 0.6 is 11.3 Å². The van der Waals surface area contributed by atoms with Crippen LogP contribution in [0.2, 0.25) is 0 Å². The summed E-state index contributed by atoms with van der Waals surface area (Å²) in [4.78, 5) is 19.1. The Labute approximate surface area is 157 Å². The predicted octanol–water partition coefficient (Wildman–Crippen LogP) is 4.43. The number of aromatic nitrogens is 1. The van der Waals surface area contributed by atoms with Gasteiger partial charge in [-0.05, 0) is 48.1 Å². The van der Waals surface area contributed by atoms with Gasteiger partial charge >= 0.3 is 0 Å². The molecule has 0 aliphatic carbocycles. The van der Waals surface area contributed by atoms with E-state index < -0.39 is 0 Å². The van der Waals surface area contributed by atoms with Crippen LogP contribution in [0, 0.1) is 0 Å². The van der Waals surface area contributed by atoms with Crippen molar-refractivity contribution in [3.63, 3.8) is 0 Å². The Bertz CT molecular complexity index is 977. The molecule has 0 saturated carbocycles. The fourth-order valence-electron chi connectivity index (χ4n) is 4.08. The van der Waals surface area contributed by atoms with E-state index in [-0.39, 0.29) is 5.91 Å². The lowest BCUT2D eigenvalue weighted by molar-refractivity contribution is -0.117. The molecule has 0 atom stereocenters. The largest absolute Gasteiger partial charge is 0.312 e. The first-order valence-electron chi connectivity index (χ1n) is 9.23. The molecule has 1 amide bonds. The van der Waals surface area contributed by atoms with Crippen LogP contribution in [0.5, 0.6) is 0 Å². The molecule has 0 unspecified atom stereocenters. The first-order chi connectivity index (χ1) is 12.8. The van der Waals surface area contributed by atoms with Gasteiger partial charge in [-0.2, -0.15) is 0 Å². The van der Waals surface area contributed by atoms with Gasteiger partial charge in [-0.1, -0.05) is 30.3 Å².